The van der Waals surface area contributed by atoms with E-state index in [1.807, 2.05) is 30.3 Å². The zero-order chi connectivity index (χ0) is 18.0. The van der Waals surface area contributed by atoms with Gasteiger partial charge in [0.05, 0.1) is 35.2 Å². The van der Waals surface area contributed by atoms with Gasteiger partial charge in [0.15, 0.2) is 9.84 Å². The van der Waals surface area contributed by atoms with Crippen LogP contribution in [0.2, 0.25) is 0 Å². The summed E-state index contributed by atoms with van der Waals surface area (Å²) in [6.07, 6.45) is 4.74. The van der Waals surface area contributed by atoms with E-state index in [0.717, 1.165) is 37.4 Å². The highest BCUT2D eigenvalue weighted by Gasteiger charge is 2.34. The van der Waals surface area contributed by atoms with Crippen LogP contribution < -0.4 is 0 Å². The van der Waals surface area contributed by atoms with Gasteiger partial charge < -0.3 is 4.74 Å². The summed E-state index contributed by atoms with van der Waals surface area (Å²) in [5, 5.41) is 8.93. The van der Waals surface area contributed by atoms with E-state index in [9.17, 15) is 8.42 Å². The topological polar surface area (TPSA) is 77.3 Å². The van der Waals surface area contributed by atoms with Gasteiger partial charge in [-0.25, -0.2) is 8.42 Å². The van der Waals surface area contributed by atoms with Gasteiger partial charge in [0.1, 0.15) is 0 Å². The molecule has 0 amide bonds. The highest BCUT2D eigenvalue weighted by Crippen LogP contribution is 2.23. The molecular weight excluding hydrogens is 352 g/mol. The fourth-order valence-corrected chi connectivity index (χ4v) is 5.48. The van der Waals surface area contributed by atoms with Crippen molar-refractivity contribution in [2.45, 2.75) is 38.0 Å². The number of hydrogen-bond acceptors (Lipinski definition) is 6. The molecule has 3 heterocycles. The van der Waals surface area contributed by atoms with Crippen molar-refractivity contribution >= 4 is 9.84 Å². The molecule has 0 N–H and O–H groups in total. The summed E-state index contributed by atoms with van der Waals surface area (Å²) in [7, 11) is -2.93. The number of rotatable bonds is 6. The van der Waals surface area contributed by atoms with Crippen molar-refractivity contribution < 1.29 is 13.2 Å². The second kappa shape index (κ2) is 7.46. The standard InChI is InChI=1S/C18H24N4O3S/c23-26(24)10-8-17(14-26)21(13-18-7-4-9-25-18)12-15-11-19-22(20-15)16-5-2-1-3-6-16/h1-3,5-6,11,17-18H,4,7-10,12-14H2. The van der Waals surface area contributed by atoms with Crippen LogP contribution in [0, 0.1) is 0 Å². The molecule has 0 bridgehead atoms. The van der Waals surface area contributed by atoms with E-state index < -0.39 is 9.84 Å². The van der Waals surface area contributed by atoms with E-state index in [4.69, 9.17) is 4.74 Å². The van der Waals surface area contributed by atoms with Crippen LogP contribution in [0.3, 0.4) is 0 Å². The molecule has 1 aromatic carbocycles. The Labute approximate surface area is 153 Å². The summed E-state index contributed by atoms with van der Waals surface area (Å²) in [5.41, 5.74) is 1.75. The maximum Gasteiger partial charge on any atom is 0.151 e. The highest BCUT2D eigenvalue weighted by molar-refractivity contribution is 7.91. The molecule has 7 nitrogen and oxygen atoms in total. The number of sulfone groups is 1. The predicted octanol–water partition coefficient (Wildman–Crippen LogP) is 1.44. The summed E-state index contributed by atoms with van der Waals surface area (Å²) in [6, 6.07) is 9.80. The molecule has 4 rings (SSSR count). The average molecular weight is 376 g/mol. The SMILES string of the molecule is O=S1(=O)CCC(N(Cc2cnn(-c3ccccc3)n2)CC2CCCO2)C1. The molecule has 2 aliphatic rings. The number of ether oxygens (including phenoxy) is 1. The van der Waals surface area contributed by atoms with Crippen LogP contribution in [-0.2, 0) is 21.1 Å². The van der Waals surface area contributed by atoms with Crippen molar-refractivity contribution in [3.8, 4) is 5.69 Å². The van der Waals surface area contributed by atoms with Gasteiger partial charge in [0, 0.05) is 25.7 Å². The van der Waals surface area contributed by atoms with Crippen LogP contribution in [0.5, 0.6) is 0 Å². The van der Waals surface area contributed by atoms with E-state index in [1.165, 1.54) is 0 Å². The van der Waals surface area contributed by atoms with E-state index in [1.54, 1.807) is 11.0 Å². The lowest BCUT2D eigenvalue weighted by atomic mass is 10.1. The van der Waals surface area contributed by atoms with Crippen LogP contribution >= 0.6 is 0 Å². The van der Waals surface area contributed by atoms with E-state index in [-0.39, 0.29) is 23.7 Å². The zero-order valence-corrected chi connectivity index (χ0v) is 15.5. The first-order valence-corrected chi connectivity index (χ1v) is 10.9. The summed E-state index contributed by atoms with van der Waals surface area (Å²) in [6.45, 7) is 2.14. The van der Waals surface area contributed by atoms with Gasteiger partial charge in [-0.05, 0) is 31.4 Å². The third kappa shape index (κ3) is 4.13. The molecule has 0 spiro atoms. The molecule has 0 radical (unpaired) electrons. The Bertz CT molecular complexity index is 831. The molecule has 2 unspecified atom stereocenters. The summed E-state index contributed by atoms with van der Waals surface area (Å²) in [4.78, 5) is 3.84. The monoisotopic (exact) mass is 376 g/mol. The lowest BCUT2D eigenvalue weighted by molar-refractivity contribution is 0.0569. The third-order valence-electron chi connectivity index (χ3n) is 5.08. The van der Waals surface area contributed by atoms with Crippen molar-refractivity contribution in [3.63, 3.8) is 0 Å². The Balaban J connectivity index is 1.50. The molecule has 0 saturated carbocycles. The van der Waals surface area contributed by atoms with E-state index >= 15 is 0 Å². The number of benzene rings is 1. The Morgan fingerprint density at radius 1 is 1.23 bits per heavy atom. The molecular formula is C18H24N4O3S. The number of hydrogen-bond donors (Lipinski definition) is 0. The Morgan fingerprint density at radius 2 is 2.08 bits per heavy atom. The molecule has 2 saturated heterocycles. The van der Waals surface area contributed by atoms with Crippen LogP contribution in [0.1, 0.15) is 25.0 Å². The van der Waals surface area contributed by atoms with Crippen molar-refractivity contribution in [2.75, 3.05) is 24.7 Å². The quantitative estimate of drug-likeness (QED) is 0.759. The zero-order valence-electron chi connectivity index (χ0n) is 14.7. The lowest BCUT2D eigenvalue weighted by Gasteiger charge is -2.29. The van der Waals surface area contributed by atoms with Gasteiger partial charge in [0.25, 0.3) is 0 Å². The maximum absolute atomic E-state index is 11.9. The first-order valence-electron chi connectivity index (χ1n) is 9.12. The first-order chi connectivity index (χ1) is 12.6. The van der Waals surface area contributed by atoms with Crippen LogP contribution in [0.15, 0.2) is 36.5 Å². The van der Waals surface area contributed by atoms with Gasteiger partial charge in [-0.3, -0.25) is 4.90 Å². The van der Waals surface area contributed by atoms with E-state index in [0.29, 0.717) is 13.0 Å². The van der Waals surface area contributed by atoms with Gasteiger partial charge >= 0.3 is 0 Å². The molecule has 2 aromatic rings. The molecule has 140 valence electrons. The van der Waals surface area contributed by atoms with Crippen LogP contribution in [0.25, 0.3) is 5.69 Å². The fraction of sp³-hybridized carbons (Fsp3) is 0.556. The van der Waals surface area contributed by atoms with Gasteiger partial charge in [-0.1, -0.05) is 18.2 Å². The smallest absolute Gasteiger partial charge is 0.151 e. The first kappa shape index (κ1) is 17.6. The molecule has 2 aliphatic heterocycles. The minimum absolute atomic E-state index is 0.0334. The Hall–Kier alpha value is -1.77. The largest absolute Gasteiger partial charge is 0.377 e. The molecule has 26 heavy (non-hydrogen) atoms. The number of para-hydroxylation sites is 1. The molecule has 1 aromatic heterocycles. The van der Waals surface area contributed by atoms with Crippen molar-refractivity contribution in [1.82, 2.24) is 19.9 Å². The average Bonchev–Trinajstić information content (AvgIpc) is 3.36. The summed E-state index contributed by atoms with van der Waals surface area (Å²) < 4.78 is 29.6. The second-order valence-electron chi connectivity index (χ2n) is 7.08. The Kier molecular flexibility index (Phi) is 5.06. The van der Waals surface area contributed by atoms with Crippen molar-refractivity contribution in [2.24, 2.45) is 0 Å². The summed E-state index contributed by atoms with van der Waals surface area (Å²) in [5.74, 6) is 0.503. The molecule has 0 aliphatic carbocycles. The molecule has 2 atom stereocenters. The minimum atomic E-state index is -2.93. The normalized spacial score (nSPS) is 25.1. The second-order valence-corrected chi connectivity index (χ2v) is 9.31. The van der Waals surface area contributed by atoms with Crippen molar-refractivity contribution in [3.05, 3.63) is 42.2 Å². The third-order valence-corrected chi connectivity index (χ3v) is 6.83. The molecule has 2 fully saturated rings. The van der Waals surface area contributed by atoms with Gasteiger partial charge in [-0.2, -0.15) is 15.0 Å². The van der Waals surface area contributed by atoms with Crippen LogP contribution in [0.4, 0.5) is 0 Å². The highest BCUT2D eigenvalue weighted by atomic mass is 32.2. The lowest BCUT2D eigenvalue weighted by Crippen LogP contribution is -2.40. The van der Waals surface area contributed by atoms with E-state index in [2.05, 4.69) is 15.1 Å². The Morgan fingerprint density at radius 3 is 2.77 bits per heavy atom. The minimum Gasteiger partial charge on any atom is -0.377 e. The summed E-state index contributed by atoms with van der Waals surface area (Å²) >= 11 is 0. The van der Waals surface area contributed by atoms with Gasteiger partial charge in [0.2, 0.25) is 0 Å². The van der Waals surface area contributed by atoms with Crippen molar-refractivity contribution in [1.29, 1.82) is 0 Å². The fourth-order valence-electron chi connectivity index (χ4n) is 3.72. The van der Waals surface area contributed by atoms with Crippen LogP contribution in [-0.4, -0.2) is 65.1 Å². The number of nitrogens with zero attached hydrogens (tertiary/aromatic N) is 4. The predicted molar refractivity (Wildman–Crippen MR) is 97.8 cm³/mol. The number of aromatic nitrogens is 3. The maximum atomic E-state index is 11.9. The molecule has 8 heteroatoms. The van der Waals surface area contributed by atoms with Gasteiger partial charge in [-0.15, -0.1) is 0 Å².